The molecule has 0 spiro atoms. The van der Waals surface area contributed by atoms with E-state index in [1.807, 2.05) is 0 Å². The smallest absolute Gasteiger partial charge is 0.250 e. The third kappa shape index (κ3) is 2.63. The van der Waals surface area contributed by atoms with Gasteiger partial charge in [-0.15, -0.1) is 11.3 Å². The molecule has 1 aromatic heterocycles. The first-order valence-electron chi connectivity index (χ1n) is 5.33. The fourth-order valence-electron chi connectivity index (χ4n) is 1.92. The molecule has 1 aliphatic carbocycles. The summed E-state index contributed by atoms with van der Waals surface area (Å²) in [5, 5.41) is 11.4. The molecule has 1 fully saturated rings. The Kier molecular flexibility index (Phi) is 3.63. The third-order valence-corrected chi connectivity index (χ3v) is 5.68. The lowest BCUT2D eigenvalue weighted by Crippen LogP contribution is -2.44. The van der Waals surface area contributed by atoms with Gasteiger partial charge in [-0.05, 0) is 24.3 Å². The van der Waals surface area contributed by atoms with E-state index in [4.69, 9.17) is 0 Å². The van der Waals surface area contributed by atoms with E-state index in [1.54, 1.807) is 17.5 Å². The molecular formula is C10H15NO3S2. The van der Waals surface area contributed by atoms with Crippen LogP contribution in [0.1, 0.15) is 25.7 Å². The Morgan fingerprint density at radius 2 is 2.12 bits per heavy atom. The summed E-state index contributed by atoms with van der Waals surface area (Å²) in [6, 6.07) is 2.94. The van der Waals surface area contributed by atoms with Crippen LogP contribution in [0.15, 0.2) is 21.7 Å². The van der Waals surface area contributed by atoms with Crippen LogP contribution in [0.5, 0.6) is 0 Å². The lowest BCUT2D eigenvalue weighted by molar-refractivity contribution is 0.101. The van der Waals surface area contributed by atoms with Gasteiger partial charge >= 0.3 is 0 Å². The summed E-state index contributed by atoms with van der Waals surface area (Å²) in [5.41, 5.74) is 0. The van der Waals surface area contributed by atoms with Gasteiger partial charge in [-0.2, -0.15) is 0 Å². The van der Waals surface area contributed by atoms with Crippen molar-refractivity contribution in [3.8, 4) is 0 Å². The first kappa shape index (κ1) is 12.0. The average Bonchev–Trinajstić information content (AvgIpc) is 2.75. The van der Waals surface area contributed by atoms with E-state index in [9.17, 15) is 13.5 Å². The van der Waals surface area contributed by atoms with Gasteiger partial charge in [-0.25, -0.2) is 13.1 Å². The van der Waals surface area contributed by atoms with Gasteiger partial charge in [0.1, 0.15) is 4.21 Å². The highest BCUT2D eigenvalue weighted by Crippen LogP contribution is 2.22. The van der Waals surface area contributed by atoms with Crippen LogP contribution in [-0.2, 0) is 10.0 Å². The molecule has 16 heavy (non-hydrogen) atoms. The minimum absolute atomic E-state index is 0.310. The van der Waals surface area contributed by atoms with Crippen LogP contribution in [0.3, 0.4) is 0 Å². The molecule has 4 nitrogen and oxygen atoms in total. The fraction of sp³-hybridized carbons (Fsp3) is 0.600. The molecule has 90 valence electrons. The minimum Gasteiger partial charge on any atom is -0.391 e. The SMILES string of the molecule is O=S(=O)(N[C@@H]1CCCC[C@H]1O)c1cccs1. The van der Waals surface area contributed by atoms with E-state index in [2.05, 4.69) is 4.72 Å². The number of thiophene rings is 1. The summed E-state index contributed by atoms with van der Waals surface area (Å²) < 4.78 is 26.7. The van der Waals surface area contributed by atoms with Crippen molar-refractivity contribution < 1.29 is 13.5 Å². The van der Waals surface area contributed by atoms with Gasteiger partial charge in [0, 0.05) is 6.04 Å². The summed E-state index contributed by atoms with van der Waals surface area (Å²) in [7, 11) is -3.44. The topological polar surface area (TPSA) is 66.4 Å². The molecule has 0 unspecified atom stereocenters. The molecule has 0 aromatic carbocycles. The van der Waals surface area contributed by atoms with Gasteiger partial charge in [0.2, 0.25) is 10.0 Å². The van der Waals surface area contributed by atoms with Crippen molar-refractivity contribution in [1.82, 2.24) is 4.72 Å². The van der Waals surface area contributed by atoms with E-state index in [-0.39, 0.29) is 6.04 Å². The third-order valence-electron chi connectivity index (χ3n) is 2.80. The Balaban J connectivity index is 2.09. The largest absolute Gasteiger partial charge is 0.391 e. The predicted molar refractivity (Wildman–Crippen MR) is 62.9 cm³/mol. The van der Waals surface area contributed by atoms with Crippen molar-refractivity contribution in [2.45, 2.75) is 42.0 Å². The highest BCUT2D eigenvalue weighted by atomic mass is 32.2. The molecule has 0 aliphatic heterocycles. The van der Waals surface area contributed by atoms with Crippen molar-refractivity contribution in [3.05, 3.63) is 17.5 Å². The number of rotatable bonds is 3. The fourth-order valence-corrected chi connectivity index (χ4v) is 4.24. The van der Waals surface area contributed by atoms with Gasteiger partial charge < -0.3 is 5.11 Å². The molecular weight excluding hydrogens is 246 g/mol. The first-order chi connectivity index (χ1) is 7.59. The van der Waals surface area contributed by atoms with Crippen LogP contribution in [0.2, 0.25) is 0 Å². The second kappa shape index (κ2) is 4.83. The number of hydrogen-bond acceptors (Lipinski definition) is 4. The molecule has 0 bridgehead atoms. The zero-order valence-electron chi connectivity index (χ0n) is 8.80. The maximum Gasteiger partial charge on any atom is 0.250 e. The van der Waals surface area contributed by atoms with Gasteiger partial charge in [-0.1, -0.05) is 18.9 Å². The number of sulfonamides is 1. The van der Waals surface area contributed by atoms with Crippen LogP contribution in [0, 0.1) is 0 Å². The molecule has 0 amide bonds. The van der Waals surface area contributed by atoms with E-state index >= 15 is 0 Å². The summed E-state index contributed by atoms with van der Waals surface area (Å²) >= 11 is 1.19. The van der Waals surface area contributed by atoms with Crippen molar-refractivity contribution in [1.29, 1.82) is 0 Å². The summed E-state index contributed by atoms with van der Waals surface area (Å²) in [4.78, 5) is 0. The molecule has 1 saturated carbocycles. The van der Waals surface area contributed by atoms with E-state index < -0.39 is 16.1 Å². The quantitative estimate of drug-likeness (QED) is 0.862. The van der Waals surface area contributed by atoms with E-state index in [0.717, 1.165) is 12.8 Å². The van der Waals surface area contributed by atoms with Gasteiger partial charge in [0.05, 0.1) is 6.10 Å². The zero-order chi connectivity index (χ0) is 11.6. The first-order valence-corrected chi connectivity index (χ1v) is 7.70. The Bertz CT molecular complexity index is 427. The Morgan fingerprint density at radius 3 is 2.75 bits per heavy atom. The second-order valence-corrected chi connectivity index (χ2v) is 6.90. The zero-order valence-corrected chi connectivity index (χ0v) is 10.4. The maximum absolute atomic E-state index is 11.9. The van der Waals surface area contributed by atoms with Gasteiger partial charge in [-0.3, -0.25) is 0 Å². The normalized spacial score (nSPS) is 26.8. The second-order valence-electron chi connectivity index (χ2n) is 4.01. The summed E-state index contributed by atoms with van der Waals surface area (Å²) in [6.07, 6.45) is 2.78. The van der Waals surface area contributed by atoms with Gasteiger partial charge in [0.15, 0.2) is 0 Å². The van der Waals surface area contributed by atoms with Crippen LogP contribution >= 0.6 is 11.3 Å². The van der Waals surface area contributed by atoms with Crippen LogP contribution in [0.4, 0.5) is 0 Å². The van der Waals surface area contributed by atoms with Crippen molar-refractivity contribution in [3.63, 3.8) is 0 Å². The lowest BCUT2D eigenvalue weighted by Gasteiger charge is -2.27. The Morgan fingerprint density at radius 1 is 1.38 bits per heavy atom. The van der Waals surface area contributed by atoms with Crippen molar-refractivity contribution >= 4 is 21.4 Å². The van der Waals surface area contributed by atoms with Crippen LogP contribution in [0.25, 0.3) is 0 Å². The Hall–Kier alpha value is -0.430. The Labute approximate surface area is 99.4 Å². The highest BCUT2D eigenvalue weighted by Gasteiger charge is 2.28. The molecule has 1 heterocycles. The number of nitrogens with one attached hydrogen (secondary N) is 1. The summed E-state index contributed by atoms with van der Waals surface area (Å²) in [6.45, 7) is 0. The molecule has 1 aliphatic rings. The molecule has 2 N–H and O–H groups in total. The van der Waals surface area contributed by atoms with Crippen molar-refractivity contribution in [2.24, 2.45) is 0 Å². The van der Waals surface area contributed by atoms with E-state index in [1.165, 1.54) is 11.3 Å². The summed E-state index contributed by atoms with van der Waals surface area (Å²) in [5.74, 6) is 0. The van der Waals surface area contributed by atoms with Crippen LogP contribution in [-0.4, -0.2) is 25.7 Å². The van der Waals surface area contributed by atoms with Gasteiger partial charge in [0.25, 0.3) is 0 Å². The molecule has 1 aromatic rings. The average molecular weight is 261 g/mol. The monoisotopic (exact) mass is 261 g/mol. The molecule has 0 radical (unpaired) electrons. The maximum atomic E-state index is 11.9. The number of aliphatic hydroxyl groups is 1. The van der Waals surface area contributed by atoms with E-state index in [0.29, 0.717) is 17.1 Å². The molecule has 2 rings (SSSR count). The number of aliphatic hydroxyl groups excluding tert-OH is 1. The van der Waals surface area contributed by atoms with Crippen LogP contribution < -0.4 is 4.72 Å². The standard InChI is InChI=1S/C10H15NO3S2/c12-9-5-2-1-4-8(9)11-16(13,14)10-6-3-7-15-10/h3,6-9,11-12H,1-2,4-5H2/t8-,9-/m1/s1. The lowest BCUT2D eigenvalue weighted by atomic mass is 9.93. The number of hydrogen-bond donors (Lipinski definition) is 2. The molecule has 0 saturated heterocycles. The van der Waals surface area contributed by atoms with Crippen molar-refractivity contribution in [2.75, 3.05) is 0 Å². The predicted octanol–water partition coefficient (Wildman–Crippen LogP) is 1.33. The molecule has 2 atom stereocenters. The highest BCUT2D eigenvalue weighted by molar-refractivity contribution is 7.91. The minimum atomic E-state index is -3.44. The molecule has 6 heteroatoms.